The van der Waals surface area contributed by atoms with Crippen LogP contribution in [0.2, 0.25) is 0 Å². The smallest absolute Gasteiger partial charge is 0.174 e. The molecule has 1 aliphatic rings. The van der Waals surface area contributed by atoms with E-state index in [2.05, 4.69) is 51.8 Å². The van der Waals surface area contributed by atoms with Crippen molar-refractivity contribution in [1.29, 1.82) is 0 Å². The molecule has 0 unspecified atom stereocenters. The predicted octanol–water partition coefficient (Wildman–Crippen LogP) is 3.99. The Morgan fingerprint density at radius 3 is 2.67 bits per heavy atom. The lowest BCUT2D eigenvalue weighted by Gasteiger charge is -2.32. The molecule has 1 aromatic carbocycles. The molecule has 1 saturated heterocycles. The number of hydrogen-bond acceptors (Lipinski definition) is 4. The minimum atomic E-state index is 0.572. The van der Waals surface area contributed by atoms with E-state index in [1.807, 2.05) is 6.92 Å². The lowest BCUT2D eigenvalue weighted by atomic mass is 10.0. The number of halogens is 1. The van der Waals surface area contributed by atoms with Crippen LogP contribution in [0.1, 0.15) is 32.3 Å². The van der Waals surface area contributed by atoms with Crippen LogP contribution in [0.25, 0.3) is 0 Å². The third-order valence-electron chi connectivity index (χ3n) is 4.25. The van der Waals surface area contributed by atoms with E-state index in [0.717, 1.165) is 42.2 Å². The fraction of sp³-hybridized carbons (Fsp3) is 0.579. The normalized spacial score (nSPS) is 16.2. The summed E-state index contributed by atoms with van der Waals surface area (Å²) in [7, 11) is 1.67. The van der Waals surface area contributed by atoms with Crippen LogP contribution in [0.3, 0.4) is 0 Å². The van der Waals surface area contributed by atoms with Crippen molar-refractivity contribution in [3.63, 3.8) is 0 Å². The Balaban J connectivity index is 1.89. The van der Waals surface area contributed by atoms with E-state index >= 15 is 0 Å². The van der Waals surface area contributed by atoms with E-state index in [1.54, 1.807) is 7.11 Å². The highest BCUT2D eigenvalue weighted by molar-refractivity contribution is 9.10. The lowest BCUT2D eigenvalue weighted by molar-refractivity contribution is 0.211. The molecule has 134 valence electrons. The summed E-state index contributed by atoms with van der Waals surface area (Å²) in [4.78, 5) is 2.48. The second kappa shape index (κ2) is 9.44. The van der Waals surface area contributed by atoms with Crippen LogP contribution in [-0.2, 0) is 6.54 Å². The van der Waals surface area contributed by atoms with Crippen LogP contribution >= 0.6 is 15.9 Å². The fourth-order valence-electron chi connectivity index (χ4n) is 3.12. The number of ether oxygens (including phenoxy) is 2. The molecular weight excluding hydrogens is 368 g/mol. The first kappa shape index (κ1) is 19.3. The van der Waals surface area contributed by atoms with Gasteiger partial charge in [0.05, 0.1) is 18.2 Å². The van der Waals surface area contributed by atoms with Gasteiger partial charge in [0, 0.05) is 19.1 Å². The second-order valence-corrected chi connectivity index (χ2v) is 7.28. The average Bonchev–Trinajstić information content (AvgIpc) is 2.54. The van der Waals surface area contributed by atoms with Gasteiger partial charge in [0.25, 0.3) is 0 Å². The summed E-state index contributed by atoms with van der Waals surface area (Å²) in [6.07, 6.45) is 2.37. The van der Waals surface area contributed by atoms with Gasteiger partial charge in [0.1, 0.15) is 0 Å². The topological polar surface area (TPSA) is 33.7 Å². The van der Waals surface area contributed by atoms with Gasteiger partial charge in [-0.3, -0.25) is 4.90 Å². The molecule has 4 nitrogen and oxygen atoms in total. The maximum Gasteiger partial charge on any atom is 0.174 e. The molecule has 0 saturated carbocycles. The van der Waals surface area contributed by atoms with E-state index in [1.165, 1.54) is 24.0 Å². The molecule has 0 spiro atoms. The van der Waals surface area contributed by atoms with Gasteiger partial charge in [-0.2, -0.15) is 0 Å². The van der Waals surface area contributed by atoms with Crippen molar-refractivity contribution >= 4 is 15.9 Å². The summed E-state index contributed by atoms with van der Waals surface area (Å²) in [6, 6.07) is 4.74. The zero-order chi connectivity index (χ0) is 17.5. The zero-order valence-electron chi connectivity index (χ0n) is 15.0. The quantitative estimate of drug-likeness (QED) is 0.673. The van der Waals surface area contributed by atoms with Crippen molar-refractivity contribution in [2.24, 2.45) is 0 Å². The number of piperidine rings is 1. The molecule has 5 heteroatoms. The highest BCUT2D eigenvalue weighted by Gasteiger charge is 2.19. The maximum absolute atomic E-state index is 5.69. The first-order valence-corrected chi connectivity index (χ1v) is 9.42. The Morgan fingerprint density at radius 1 is 1.38 bits per heavy atom. The molecule has 1 aromatic rings. The molecule has 24 heavy (non-hydrogen) atoms. The Bertz CT molecular complexity index is 555. The van der Waals surface area contributed by atoms with Gasteiger partial charge >= 0.3 is 0 Å². The minimum absolute atomic E-state index is 0.572. The largest absolute Gasteiger partial charge is 0.492 e. The molecule has 1 aliphatic heterocycles. The number of nitrogens with one attached hydrogen (secondary N) is 1. The number of methoxy groups -OCH3 is 1. The molecule has 1 heterocycles. The Hall–Kier alpha value is -1.04. The average molecular weight is 397 g/mol. The van der Waals surface area contributed by atoms with Crippen molar-refractivity contribution in [1.82, 2.24) is 10.2 Å². The Labute approximate surface area is 154 Å². The van der Waals surface area contributed by atoms with Gasteiger partial charge in [-0.05, 0) is 73.4 Å². The van der Waals surface area contributed by atoms with Crippen molar-refractivity contribution < 1.29 is 9.47 Å². The van der Waals surface area contributed by atoms with Crippen LogP contribution in [0.15, 0.2) is 28.8 Å². The number of benzene rings is 1. The summed E-state index contributed by atoms with van der Waals surface area (Å²) in [5.41, 5.74) is 2.45. The van der Waals surface area contributed by atoms with Gasteiger partial charge in [-0.1, -0.05) is 12.2 Å². The minimum Gasteiger partial charge on any atom is -0.492 e. The first-order chi connectivity index (χ1) is 11.5. The maximum atomic E-state index is 5.69. The molecule has 2 rings (SSSR count). The Morgan fingerprint density at radius 2 is 2.08 bits per heavy atom. The molecule has 1 N–H and O–H groups in total. The number of hydrogen-bond donors (Lipinski definition) is 1. The van der Waals surface area contributed by atoms with Crippen LogP contribution in [0.5, 0.6) is 11.5 Å². The molecule has 0 bridgehead atoms. The molecule has 0 radical (unpaired) electrons. The van der Waals surface area contributed by atoms with Crippen LogP contribution < -0.4 is 14.8 Å². The van der Waals surface area contributed by atoms with Crippen LogP contribution in [-0.4, -0.2) is 44.3 Å². The third-order valence-corrected chi connectivity index (χ3v) is 4.84. The molecule has 1 fully saturated rings. The van der Waals surface area contributed by atoms with E-state index in [4.69, 9.17) is 9.47 Å². The highest BCUT2D eigenvalue weighted by atomic mass is 79.9. The Kier molecular flexibility index (Phi) is 7.59. The summed E-state index contributed by atoms with van der Waals surface area (Å²) in [6.45, 7) is 12.9. The van der Waals surface area contributed by atoms with Gasteiger partial charge in [0.2, 0.25) is 0 Å². The number of nitrogens with zero attached hydrogens (tertiary/aromatic N) is 1. The zero-order valence-corrected chi connectivity index (χ0v) is 16.6. The summed E-state index contributed by atoms with van der Waals surface area (Å²) in [5, 5.41) is 3.68. The first-order valence-electron chi connectivity index (χ1n) is 8.62. The molecule has 0 amide bonds. The second-order valence-electron chi connectivity index (χ2n) is 6.43. The highest BCUT2D eigenvalue weighted by Crippen LogP contribution is 2.36. The van der Waals surface area contributed by atoms with Crippen molar-refractivity contribution in [2.75, 3.05) is 33.4 Å². The summed E-state index contributed by atoms with van der Waals surface area (Å²) in [5.74, 6) is 1.55. The van der Waals surface area contributed by atoms with E-state index < -0.39 is 0 Å². The van der Waals surface area contributed by atoms with Gasteiger partial charge < -0.3 is 14.8 Å². The third kappa shape index (κ3) is 5.50. The molecular formula is C19H29BrN2O2. The van der Waals surface area contributed by atoms with Crippen molar-refractivity contribution in [3.05, 3.63) is 34.3 Å². The number of rotatable bonds is 8. The number of likely N-dealkylation sites (tertiary alicyclic amines) is 1. The standard InChI is InChI=1S/C19H29BrN2O2/c1-5-24-18-11-15(10-17(20)19(18)23-4)12-21-16-6-8-22(9-7-16)13-14(2)3/h10-11,16,21H,2,5-9,12-13H2,1,3-4H3. The molecule has 0 aliphatic carbocycles. The van der Waals surface area contributed by atoms with Crippen LogP contribution in [0.4, 0.5) is 0 Å². The van der Waals surface area contributed by atoms with Crippen molar-refractivity contribution in [2.45, 2.75) is 39.3 Å². The van der Waals surface area contributed by atoms with Gasteiger partial charge in [-0.15, -0.1) is 0 Å². The predicted molar refractivity (Wildman–Crippen MR) is 103 cm³/mol. The summed E-state index contributed by atoms with van der Waals surface area (Å²) >= 11 is 3.58. The van der Waals surface area contributed by atoms with E-state index in [9.17, 15) is 0 Å². The van der Waals surface area contributed by atoms with Gasteiger partial charge in [0.15, 0.2) is 11.5 Å². The van der Waals surface area contributed by atoms with E-state index in [0.29, 0.717) is 12.6 Å². The van der Waals surface area contributed by atoms with Gasteiger partial charge in [-0.25, -0.2) is 0 Å². The molecule has 0 atom stereocenters. The monoisotopic (exact) mass is 396 g/mol. The summed E-state index contributed by atoms with van der Waals surface area (Å²) < 4.78 is 12.0. The fourth-order valence-corrected chi connectivity index (χ4v) is 3.77. The van der Waals surface area contributed by atoms with E-state index in [-0.39, 0.29) is 0 Å². The lowest BCUT2D eigenvalue weighted by Crippen LogP contribution is -2.42. The van der Waals surface area contributed by atoms with Crippen molar-refractivity contribution in [3.8, 4) is 11.5 Å². The SMILES string of the molecule is C=C(C)CN1CCC(NCc2cc(Br)c(OC)c(OCC)c2)CC1. The van der Waals surface area contributed by atoms with Crippen LogP contribution in [0, 0.1) is 0 Å². The molecule has 0 aromatic heterocycles.